The summed E-state index contributed by atoms with van der Waals surface area (Å²) in [6.45, 7) is 7.53. The molecule has 0 radical (unpaired) electrons. The Balaban J connectivity index is 1.92. The molecule has 4 rings (SSSR count). The van der Waals surface area contributed by atoms with Gasteiger partial charge in [0, 0.05) is 23.1 Å². The van der Waals surface area contributed by atoms with Gasteiger partial charge in [-0.1, -0.05) is 55.8 Å². The summed E-state index contributed by atoms with van der Waals surface area (Å²) in [7, 11) is 1.62. The average molecular weight is 420 g/mol. The maximum atomic E-state index is 12.9. The summed E-state index contributed by atoms with van der Waals surface area (Å²) >= 11 is 0. The smallest absolute Gasteiger partial charge is 0.340 e. The van der Waals surface area contributed by atoms with Crippen LogP contribution < -0.4 is 4.74 Å². The second-order valence-electron chi connectivity index (χ2n) is 8.07. The molecule has 0 aromatic heterocycles. The Hall–Kier alpha value is -2.89. The third-order valence-electron chi connectivity index (χ3n) is 6.38. The van der Waals surface area contributed by atoms with Crippen LogP contribution in [0.15, 0.2) is 66.3 Å². The predicted octanol–water partition coefficient (Wildman–Crippen LogP) is 4.33. The highest BCUT2D eigenvalue weighted by atomic mass is 16.6. The molecule has 0 spiro atoms. The van der Waals surface area contributed by atoms with Crippen LogP contribution in [-0.4, -0.2) is 41.9 Å². The van der Waals surface area contributed by atoms with Crippen molar-refractivity contribution in [3.63, 3.8) is 0 Å². The van der Waals surface area contributed by atoms with Gasteiger partial charge < -0.3 is 14.6 Å². The number of rotatable bonds is 6. The molecule has 1 aliphatic heterocycles. The molecule has 162 valence electrons. The molecule has 0 saturated heterocycles. The van der Waals surface area contributed by atoms with Gasteiger partial charge in [-0.05, 0) is 44.3 Å². The molecular formula is C26H29NO4. The number of aliphatic hydroxyl groups is 1. The van der Waals surface area contributed by atoms with E-state index in [1.165, 1.54) is 0 Å². The molecule has 5 heteroatoms. The van der Waals surface area contributed by atoms with Crippen LogP contribution in [-0.2, 0) is 10.3 Å². The van der Waals surface area contributed by atoms with E-state index in [1.54, 1.807) is 13.2 Å². The quantitative estimate of drug-likeness (QED) is 0.558. The van der Waals surface area contributed by atoms with Gasteiger partial charge in [-0.3, -0.25) is 4.90 Å². The van der Waals surface area contributed by atoms with Crippen LogP contribution >= 0.6 is 0 Å². The number of ether oxygens (including phenoxy) is 2. The second kappa shape index (κ2) is 7.98. The van der Waals surface area contributed by atoms with Crippen LogP contribution in [0.25, 0.3) is 0 Å². The van der Waals surface area contributed by atoms with E-state index >= 15 is 0 Å². The zero-order valence-corrected chi connectivity index (χ0v) is 18.5. The van der Waals surface area contributed by atoms with Crippen LogP contribution in [0.2, 0.25) is 0 Å². The molecule has 2 aromatic carbocycles. The second-order valence-corrected chi connectivity index (χ2v) is 8.07. The van der Waals surface area contributed by atoms with Gasteiger partial charge in [0.25, 0.3) is 0 Å². The van der Waals surface area contributed by atoms with Gasteiger partial charge >= 0.3 is 5.97 Å². The van der Waals surface area contributed by atoms with E-state index in [4.69, 9.17) is 9.47 Å². The molecule has 5 nitrogen and oxygen atoms in total. The lowest BCUT2D eigenvalue weighted by Crippen LogP contribution is -2.48. The number of hydrogen-bond donors (Lipinski definition) is 1. The Labute approximate surface area is 183 Å². The SMILES string of the molecule is CCN(CC)C1(O)C=CC(C2(c3cc(C)ccc3OC)OC(=O)c3ccccc32)=CC1. The molecule has 2 aromatic rings. The fourth-order valence-corrected chi connectivity index (χ4v) is 4.77. The number of fused-ring (bicyclic) bond motifs is 1. The predicted molar refractivity (Wildman–Crippen MR) is 120 cm³/mol. The monoisotopic (exact) mass is 419 g/mol. The van der Waals surface area contributed by atoms with Crippen LogP contribution in [0.4, 0.5) is 0 Å². The highest BCUT2D eigenvalue weighted by Crippen LogP contribution is 2.51. The van der Waals surface area contributed by atoms with Crippen molar-refractivity contribution in [3.05, 3.63) is 88.5 Å². The number of benzene rings is 2. The molecular weight excluding hydrogens is 390 g/mol. The van der Waals surface area contributed by atoms with Crippen molar-refractivity contribution in [2.24, 2.45) is 0 Å². The molecule has 0 saturated carbocycles. The van der Waals surface area contributed by atoms with Crippen molar-refractivity contribution in [2.75, 3.05) is 20.2 Å². The topological polar surface area (TPSA) is 59.0 Å². The summed E-state index contributed by atoms with van der Waals surface area (Å²) in [5, 5.41) is 11.2. The van der Waals surface area contributed by atoms with Gasteiger partial charge in [-0.2, -0.15) is 0 Å². The Morgan fingerprint density at radius 3 is 2.52 bits per heavy atom. The minimum absolute atomic E-state index is 0.363. The number of esters is 1. The fraction of sp³-hybridized carbons (Fsp3) is 0.346. The number of cyclic esters (lactones) is 1. The minimum Gasteiger partial charge on any atom is -0.496 e. The number of carbonyl (C=O) groups excluding carboxylic acids is 1. The highest BCUT2D eigenvalue weighted by Gasteiger charge is 2.51. The molecule has 0 fully saturated rings. The van der Waals surface area contributed by atoms with Crippen LogP contribution in [0.5, 0.6) is 5.75 Å². The molecule has 0 amide bonds. The van der Waals surface area contributed by atoms with Crippen molar-refractivity contribution in [1.82, 2.24) is 4.90 Å². The Morgan fingerprint density at radius 1 is 1.13 bits per heavy atom. The van der Waals surface area contributed by atoms with E-state index in [-0.39, 0.29) is 5.97 Å². The first-order chi connectivity index (χ1) is 14.9. The summed E-state index contributed by atoms with van der Waals surface area (Å²) < 4.78 is 11.9. The molecule has 0 bridgehead atoms. The molecule has 1 heterocycles. The van der Waals surface area contributed by atoms with Crippen molar-refractivity contribution >= 4 is 5.97 Å². The van der Waals surface area contributed by atoms with Crippen molar-refractivity contribution < 1.29 is 19.4 Å². The van der Waals surface area contributed by atoms with Gasteiger partial charge in [0.15, 0.2) is 5.60 Å². The first-order valence-corrected chi connectivity index (χ1v) is 10.7. The Morgan fingerprint density at radius 2 is 1.87 bits per heavy atom. The lowest BCUT2D eigenvalue weighted by molar-refractivity contribution is -0.0618. The van der Waals surface area contributed by atoms with Gasteiger partial charge in [-0.25, -0.2) is 4.79 Å². The lowest BCUT2D eigenvalue weighted by atomic mass is 9.76. The maximum Gasteiger partial charge on any atom is 0.340 e. The van der Waals surface area contributed by atoms with E-state index in [2.05, 4.69) is 0 Å². The largest absolute Gasteiger partial charge is 0.496 e. The summed E-state index contributed by atoms with van der Waals surface area (Å²) in [6.07, 6.45) is 6.08. The third kappa shape index (κ3) is 3.29. The van der Waals surface area contributed by atoms with E-state index in [1.807, 2.05) is 80.3 Å². The molecule has 31 heavy (non-hydrogen) atoms. The van der Waals surface area contributed by atoms with Gasteiger partial charge in [0.05, 0.1) is 12.7 Å². The maximum absolute atomic E-state index is 12.9. The zero-order chi connectivity index (χ0) is 22.2. The molecule has 1 aliphatic carbocycles. The molecule has 2 unspecified atom stereocenters. The molecule has 2 aliphatic rings. The average Bonchev–Trinajstić information content (AvgIpc) is 3.08. The van der Waals surface area contributed by atoms with E-state index in [0.29, 0.717) is 17.7 Å². The molecule has 2 atom stereocenters. The summed E-state index contributed by atoms with van der Waals surface area (Å²) in [5.41, 5.74) is 1.76. The highest BCUT2D eigenvalue weighted by molar-refractivity contribution is 5.96. The minimum atomic E-state index is -1.13. The normalized spacial score (nSPS) is 24.7. The van der Waals surface area contributed by atoms with Crippen LogP contribution in [0.1, 0.15) is 47.3 Å². The van der Waals surface area contributed by atoms with Gasteiger partial charge in [-0.15, -0.1) is 0 Å². The summed E-state index contributed by atoms with van der Waals surface area (Å²) in [6, 6.07) is 13.4. The molecule has 1 N–H and O–H groups in total. The van der Waals surface area contributed by atoms with Crippen molar-refractivity contribution in [2.45, 2.75) is 38.5 Å². The number of methoxy groups -OCH3 is 1. The van der Waals surface area contributed by atoms with E-state index in [0.717, 1.165) is 35.4 Å². The summed E-state index contributed by atoms with van der Waals surface area (Å²) in [4.78, 5) is 14.9. The first-order valence-electron chi connectivity index (χ1n) is 10.7. The fourth-order valence-electron chi connectivity index (χ4n) is 4.77. The standard InChI is InChI=1S/C26H29NO4/c1-5-27(6-2)25(29)15-13-19(14-16-25)26(22-17-18(3)11-12-23(22)30-4)21-10-8-7-9-20(21)24(28)31-26/h7-15,17,29H,5-6,16H2,1-4H3. The van der Waals surface area contributed by atoms with Gasteiger partial charge in [0.1, 0.15) is 11.5 Å². The Bertz CT molecular complexity index is 1070. The third-order valence-corrected chi connectivity index (χ3v) is 6.38. The summed E-state index contributed by atoms with van der Waals surface area (Å²) in [5.74, 6) is 0.284. The number of likely N-dealkylation sites (N-methyl/N-ethyl adjacent to an activating group) is 1. The number of hydrogen-bond acceptors (Lipinski definition) is 5. The Kier molecular flexibility index (Phi) is 5.50. The van der Waals surface area contributed by atoms with Crippen molar-refractivity contribution in [3.8, 4) is 5.75 Å². The zero-order valence-electron chi connectivity index (χ0n) is 18.5. The van der Waals surface area contributed by atoms with E-state index < -0.39 is 11.3 Å². The van der Waals surface area contributed by atoms with Crippen LogP contribution in [0, 0.1) is 6.92 Å². The van der Waals surface area contributed by atoms with E-state index in [9.17, 15) is 9.90 Å². The van der Waals surface area contributed by atoms with Crippen molar-refractivity contribution in [1.29, 1.82) is 0 Å². The first kappa shape index (κ1) is 21.3. The van der Waals surface area contributed by atoms with Gasteiger partial charge in [0.2, 0.25) is 0 Å². The number of carbonyl (C=O) groups is 1. The lowest BCUT2D eigenvalue weighted by Gasteiger charge is -2.40. The number of aryl methyl sites for hydroxylation is 1. The number of nitrogens with zero attached hydrogens (tertiary/aromatic N) is 1. The van der Waals surface area contributed by atoms with Crippen LogP contribution in [0.3, 0.4) is 0 Å².